The molecule has 2 atom stereocenters. The van der Waals surface area contributed by atoms with E-state index in [1.807, 2.05) is 0 Å². The molecular formula is C69H131NO5. The highest BCUT2D eigenvalue weighted by Crippen LogP contribution is 2.18. The number of aliphatic hydroxyl groups excluding tert-OH is 2. The maximum atomic E-state index is 12.5. The van der Waals surface area contributed by atoms with Gasteiger partial charge in [0, 0.05) is 12.8 Å². The van der Waals surface area contributed by atoms with Gasteiger partial charge in [0.1, 0.15) is 0 Å². The van der Waals surface area contributed by atoms with E-state index in [4.69, 9.17) is 4.74 Å². The first-order valence-corrected chi connectivity index (χ1v) is 33.7. The summed E-state index contributed by atoms with van der Waals surface area (Å²) >= 11 is 0. The Morgan fingerprint density at radius 3 is 1.05 bits per heavy atom. The van der Waals surface area contributed by atoms with Gasteiger partial charge < -0.3 is 20.3 Å². The highest BCUT2D eigenvalue weighted by atomic mass is 16.5. The second-order valence-corrected chi connectivity index (χ2v) is 23.1. The number of ether oxygens (including phenoxy) is 1. The van der Waals surface area contributed by atoms with Crippen molar-refractivity contribution in [2.45, 2.75) is 379 Å². The number of rotatable bonds is 63. The Kier molecular flexibility index (Phi) is 63.0. The standard InChI is InChI=1S/C69H131NO5/c1-3-5-7-9-11-13-15-16-17-32-36-39-43-47-51-55-59-63-69(74)75-64-60-56-52-48-44-40-37-34-31-29-27-25-23-21-19-18-20-22-24-26-28-30-33-35-38-42-46-50-54-58-62-68(73)70-66(65-71)67(72)61-57-53-49-45-41-14-12-10-8-6-4-2/h11,13,16-17,19,21,66-67,71-72H,3-10,12,14-15,18,20,22-65H2,1-2H3,(H,70,73)/b13-11-,17-16-,21-19-. The first-order chi connectivity index (χ1) is 37.0. The van der Waals surface area contributed by atoms with E-state index in [2.05, 4.69) is 55.6 Å². The molecule has 0 spiro atoms. The molecule has 442 valence electrons. The van der Waals surface area contributed by atoms with Crippen molar-refractivity contribution in [3.8, 4) is 0 Å². The first-order valence-electron chi connectivity index (χ1n) is 33.7. The number of carbonyl (C=O) groups is 2. The van der Waals surface area contributed by atoms with Gasteiger partial charge in [-0.3, -0.25) is 9.59 Å². The van der Waals surface area contributed by atoms with Crippen LogP contribution < -0.4 is 5.32 Å². The van der Waals surface area contributed by atoms with Crippen molar-refractivity contribution < 1.29 is 24.5 Å². The monoisotopic (exact) mass is 1050 g/mol. The highest BCUT2D eigenvalue weighted by Gasteiger charge is 2.20. The van der Waals surface area contributed by atoms with E-state index >= 15 is 0 Å². The van der Waals surface area contributed by atoms with Crippen LogP contribution in [0, 0.1) is 0 Å². The quantitative estimate of drug-likeness (QED) is 0.0320. The van der Waals surface area contributed by atoms with Crippen molar-refractivity contribution in [2.24, 2.45) is 0 Å². The molecule has 6 nitrogen and oxygen atoms in total. The van der Waals surface area contributed by atoms with E-state index in [0.29, 0.717) is 25.9 Å². The van der Waals surface area contributed by atoms with Crippen molar-refractivity contribution in [2.75, 3.05) is 13.2 Å². The van der Waals surface area contributed by atoms with E-state index in [0.717, 1.165) is 51.4 Å². The van der Waals surface area contributed by atoms with E-state index < -0.39 is 12.1 Å². The molecule has 0 heterocycles. The van der Waals surface area contributed by atoms with Gasteiger partial charge in [0.15, 0.2) is 0 Å². The summed E-state index contributed by atoms with van der Waals surface area (Å²) < 4.78 is 5.50. The van der Waals surface area contributed by atoms with Crippen molar-refractivity contribution in [1.82, 2.24) is 5.32 Å². The number of amides is 1. The number of hydrogen-bond donors (Lipinski definition) is 3. The molecule has 0 radical (unpaired) electrons. The predicted octanol–water partition coefficient (Wildman–Crippen LogP) is 21.5. The van der Waals surface area contributed by atoms with E-state index in [9.17, 15) is 19.8 Å². The summed E-state index contributed by atoms with van der Waals surface area (Å²) in [6.45, 7) is 4.94. The van der Waals surface area contributed by atoms with Crippen molar-refractivity contribution >= 4 is 11.9 Å². The van der Waals surface area contributed by atoms with Crippen molar-refractivity contribution in [3.63, 3.8) is 0 Å². The fourth-order valence-corrected chi connectivity index (χ4v) is 10.5. The number of carbonyl (C=O) groups excluding carboxylic acids is 2. The largest absolute Gasteiger partial charge is 0.466 e. The molecule has 1 amide bonds. The Hall–Kier alpha value is -1.92. The third-order valence-electron chi connectivity index (χ3n) is 15.7. The maximum Gasteiger partial charge on any atom is 0.305 e. The van der Waals surface area contributed by atoms with E-state index in [1.165, 1.54) is 283 Å². The van der Waals surface area contributed by atoms with E-state index in [-0.39, 0.29) is 18.5 Å². The molecule has 0 saturated carbocycles. The van der Waals surface area contributed by atoms with Gasteiger partial charge in [-0.15, -0.1) is 0 Å². The molecule has 0 aliphatic carbocycles. The number of hydrogen-bond acceptors (Lipinski definition) is 5. The fraction of sp³-hybridized carbons (Fsp3) is 0.884. The smallest absolute Gasteiger partial charge is 0.305 e. The molecule has 6 heteroatoms. The Morgan fingerprint density at radius 2 is 0.667 bits per heavy atom. The minimum Gasteiger partial charge on any atom is -0.466 e. The summed E-state index contributed by atoms with van der Waals surface area (Å²) in [5.41, 5.74) is 0. The Balaban J connectivity index is 3.34. The highest BCUT2D eigenvalue weighted by molar-refractivity contribution is 5.76. The van der Waals surface area contributed by atoms with Crippen LogP contribution in [-0.4, -0.2) is 47.4 Å². The van der Waals surface area contributed by atoms with Gasteiger partial charge in [0.25, 0.3) is 0 Å². The molecule has 0 bridgehead atoms. The molecule has 0 aliphatic rings. The Morgan fingerprint density at radius 1 is 0.373 bits per heavy atom. The average Bonchev–Trinajstić information content (AvgIpc) is 3.41. The van der Waals surface area contributed by atoms with Gasteiger partial charge in [-0.1, -0.05) is 307 Å². The van der Waals surface area contributed by atoms with Crippen LogP contribution in [0.25, 0.3) is 0 Å². The van der Waals surface area contributed by atoms with Gasteiger partial charge in [0.2, 0.25) is 5.91 Å². The number of allylic oxidation sites excluding steroid dienone is 6. The topological polar surface area (TPSA) is 95.9 Å². The van der Waals surface area contributed by atoms with Crippen molar-refractivity contribution in [3.05, 3.63) is 36.5 Å². The van der Waals surface area contributed by atoms with Gasteiger partial charge >= 0.3 is 5.97 Å². The van der Waals surface area contributed by atoms with Crippen LogP contribution in [0.4, 0.5) is 0 Å². The number of unbranched alkanes of at least 4 members (excludes halogenated alkanes) is 46. The molecule has 0 aromatic carbocycles. The molecule has 0 aliphatic heterocycles. The van der Waals surface area contributed by atoms with Crippen LogP contribution in [0.2, 0.25) is 0 Å². The lowest BCUT2D eigenvalue weighted by atomic mass is 10.0. The second kappa shape index (κ2) is 64.6. The number of aliphatic hydroxyl groups is 2. The molecular weight excluding hydrogens is 923 g/mol. The number of esters is 1. The molecule has 75 heavy (non-hydrogen) atoms. The third-order valence-corrected chi connectivity index (χ3v) is 15.7. The zero-order valence-electron chi connectivity index (χ0n) is 50.5. The van der Waals surface area contributed by atoms with Crippen LogP contribution in [0.3, 0.4) is 0 Å². The lowest BCUT2D eigenvalue weighted by Crippen LogP contribution is -2.45. The normalized spacial score (nSPS) is 12.7. The molecule has 0 rings (SSSR count). The van der Waals surface area contributed by atoms with Gasteiger partial charge in [-0.2, -0.15) is 0 Å². The van der Waals surface area contributed by atoms with Crippen LogP contribution in [0.1, 0.15) is 367 Å². The van der Waals surface area contributed by atoms with Gasteiger partial charge in [-0.25, -0.2) is 0 Å². The molecule has 0 aromatic heterocycles. The predicted molar refractivity (Wildman–Crippen MR) is 329 cm³/mol. The van der Waals surface area contributed by atoms with Crippen LogP contribution in [-0.2, 0) is 14.3 Å². The van der Waals surface area contributed by atoms with Crippen LogP contribution in [0.5, 0.6) is 0 Å². The van der Waals surface area contributed by atoms with Crippen LogP contribution in [0.15, 0.2) is 36.5 Å². The maximum absolute atomic E-state index is 12.5. The van der Waals surface area contributed by atoms with Crippen molar-refractivity contribution in [1.29, 1.82) is 0 Å². The third kappa shape index (κ3) is 61.2. The summed E-state index contributed by atoms with van der Waals surface area (Å²) in [6, 6.07) is -0.539. The lowest BCUT2D eigenvalue weighted by Gasteiger charge is -2.22. The Bertz CT molecular complexity index is 1210. The zero-order chi connectivity index (χ0) is 54.3. The molecule has 3 N–H and O–H groups in total. The Labute approximate surface area is 468 Å². The fourth-order valence-electron chi connectivity index (χ4n) is 10.5. The van der Waals surface area contributed by atoms with E-state index in [1.54, 1.807) is 0 Å². The van der Waals surface area contributed by atoms with Gasteiger partial charge in [-0.05, 0) is 83.5 Å². The number of nitrogens with one attached hydrogen (secondary N) is 1. The summed E-state index contributed by atoms with van der Waals surface area (Å²) in [5.74, 6) is -0.0238. The minimum absolute atomic E-state index is 0.00949. The van der Waals surface area contributed by atoms with Gasteiger partial charge in [0.05, 0.1) is 25.4 Å². The van der Waals surface area contributed by atoms with Crippen LogP contribution >= 0.6 is 0 Å². The zero-order valence-corrected chi connectivity index (χ0v) is 50.5. The summed E-state index contributed by atoms with van der Waals surface area (Å²) in [5, 5.41) is 23.2. The summed E-state index contributed by atoms with van der Waals surface area (Å²) in [7, 11) is 0. The molecule has 0 aromatic rings. The molecule has 0 saturated heterocycles. The minimum atomic E-state index is -0.662. The SMILES string of the molecule is CCCCC/C=C\C/C=C\CCCCCCCCCC(=O)OCCCCCCCCCCCCCC/C=C\CCCCCCCCCCCCCCCCC(=O)NC(CO)C(O)CCCCCCCCCCCCC. The summed E-state index contributed by atoms with van der Waals surface area (Å²) in [6.07, 6.45) is 81.9. The lowest BCUT2D eigenvalue weighted by molar-refractivity contribution is -0.143. The summed E-state index contributed by atoms with van der Waals surface area (Å²) in [4.78, 5) is 24.5. The average molecular weight is 1050 g/mol. The molecule has 0 fully saturated rings. The first kappa shape index (κ1) is 73.1. The molecule has 2 unspecified atom stereocenters. The second-order valence-electron chi connectivity index (χ2n) is 23.1.